The van der Waals surface area contributed by atoms with Crippen LogP contribution >= 0.6 is 0 Å². The van der Waals surface area contributed by atoms with E-state index in [1.54, 1.807) is 0 Å². The Hall–Kier alpha value is -2.66. The maximum absolute atomic E-state index is 5.91. The van der Waals surface area contributed by atoms with E-state index >= 15 is 0 Å². The van der Waals surface area contributed by atoms with Crippen LogP contribution in [0.25, 0.3) is 11.3 Å². The number of hydrogen-bond donors (Lipinski definition) is 0. The van der Waals surface area contributed by atoms with Gasteiger partial charge in [0.15, 0.2) is 5.76 Å². The number of pyridine rings is 1. The highest BCUT2D eigenvalue weighted by Gasteiger charge is 2.19. The molecular formula is C19H20N4O. The smallest absolute Gasteiger partial charge is 0.209 e. The van der Waals surface area contributed by atoms with Crippen molar-refractivity contribution < 1.29 is 4.42 Å². The molecule has 0 spiro atoms. The molecule has 5 heteroatoms. The highest BCUT2D eigenvalue weighted by molar-refractivity contribution is 5.55. The Labute approximate surface area is 141 Å². The first-order valence-electron chi connectivity index (χ1n) is 8.27. The van der Waals surface area contributed by atoms with Crippen LogP contribution in [0.4, 0.5) is 5.82 Å². The fourth-order valence-electron chi connectivity index (χ4n) is 2.99. The molecule has 3 aromatic rings. The van der Waals surface area contributed by atoms with Crippen molar-refractivity contribution in [3.05, 3.63) is 66.8 Å². The van der Waals surface area contributed by atoms with E-state index in [1.807, 2.05) is 54.9 Å². The van der Waals surface area contributed by atoms with Gasteiger partial charge in [0.1, 0.15) is 5.82 Å². The molecule has 24 heavy (non-hydrogen) atoms. The summed E-state index contributed by atoms with van der Waals surface area (Å²) in [5.74, 6) is 2.66. The molecule has 0 N–H and O–H groups in total. The summed E-state index contributed by atoms with van der Waals surface area (Å²) in [7, 11) is 0. The third kappa shape index (κ3) is 3.31. The molecule has 2 aromatic heterocycles. The number of aromatic nitrogens is 2. The number of rotatable bonds is 4. The zero-order chi connectivity index (χ0) is 16.2. The summed E-state index contributed by atoms with van der Waals surface area (Å²) in [4.78, 5) is 13.6. The largest absolute Gasteiger partial charge is 0.439 e. The first-order chi connectivity index (χ1) is 11.9. The zero-order valence-corrected chi connectivity index (χ0v) is 13.5. The quantitative estimate of drug-likeness (QED) is 0.739. The van der Waals surface area contributed by atoms with Crippen molar-refractivity contribution in [2.75, 3.05) is 31.1 Å². The molecule has 5 nitrogen and oxygen atoms in total. The minimum absolute atomic E-state index is 0.753. The predicted octanol–water partition coefficient (Wildman–Crippen LogP) is 3.06. The molecule has 1 saturated heterocycles. The van der Waals surface area contributed by atoms with E-state index in [0.29, 0.717) is 0 Å². The molecule has 0 radical (unpaired) electrons. The van der Waals surface area contributed by atoms with Gasteiger partial charge in [0, 0.05) is 37.9 Å². The maximum atomic E-state index is 5.91. The van der Waals surface area contributed by atoms with Crippen LogP contribution in [0.5, 0.6) is 0 Å². The van der Waals surface area contributed by atoms with Gasteiger partial charge in [0.25, 0.3) is 0 Å². The topological polar surface area (TPSA) is 45.4 Å². The Kier molecular flexibility index (Phi) is 4.25. The minimum atomic E-state index is 0.753. The molecule has 4 rings (SSSR count). The Morgan fingerprint density at radius 2 is 1.67 bits per heavy atom. The van der Waals surface area contributed by atoms with Crippen LogP contribution < -0.4 is 4.90 Å². The van der Waals surface area contributed by atoms with Crippen LogP contribution in [0, 0.1) is 0 Å². The van der Waals surface area contributed by atoms with E-state index in [0.717, 1.165) is 55.8 Å². The Morgan fingerprint density at radius 1 is 0.875 bits per heavy atom. The van der Waals surface area contributed by atoms with Gasteiger partial charge < -0.3 is 9.32 Å². The molecule has 122 valence electrons. The number of piperazine rings is 1. The van der Waals surface area contributed by atoms with Crippen molar-refractivity contribution in [1.29, 1.82) is 0 Å². The number of benzene rings is 1. The number of nitrogens with zero attached hydrogens (tertiary/aromatic N) is 4. The zero-order valence-electron chi connectivity index (χ0n) is 13.5. The van der Waals surface area contributed by atoms with Gasteiger partial charge in [-0.05, 0) is 12.1 Å². The fourth-order valence-corrected chi connectivity index (χ4v) is 2.99. The summed E-state index contributed by atoms with van der Waals surface area (Å²) in [5.41, 5.74) is 1.07. The van der Waals surface area contributed by atoms with E-state index in [2.05, 4.69) is 25.8 Å². The summed E-state index contributed by atoms with van der Waals surface area (Å²) in [6, 6.07) is 16.1. The second-order valence-electron chi connectivity index (χ2n) is 5.94. The second-order valence-corrected chi connectivity index (χ2v) is 5.94. The average molecular weight is 320 g/mol. The van der Waals surface area contributed by atoms with Gasteiger partial charge in [0.05, 0.1) is 12.7 Å². The van der Waals surface area contributed by atoms with Crippen molar-refractivity contribution in [1.82, 2.24) is 14.9 Å². The van der Waals surface area contributed by atoms with E-state index < -0.39 is 0 Å². The normalized spacial score (nSPS) is 15.6. The predicted molar refractivity (Wildman–Crippen MR) is 93.7 cm³/mol. The van der Waals surface area contributed by atoms with Crippen LogP contribution in [0.15, 0.2) is 65.3 Å². The molecule has 0 bridgehead atoms. The molecule has 1 aliphatic heterocycles. The summed E-state index contributed by atoms with van der Waals surface area (Å²) < 4.78 is 5.91. The van der Waals surface area contributed by atoms with Crippen LogP contribution in [0.3, 0.4) is 0 Å². The Bertz CT molecular complexity index is 764. The Balaban J connectivity index is 1.35. The number of oxazole rings is 1. The first kappa shape index (κ1) is 14.9. The van der Waals surface area contributed by atoms with Crippen molar-refractivity contribution in [3.8, 4) is 11.3 Å². The van der Waals surface area contributed by atoms with Crippen molar-refractivity contribution >= 4 is 5.82 Å². The van der Waals surface area contributed by atoms with Crippen LogP contribution in [0.1, 0.15) is 5.89 Å². The molecule has 3 heterocycles. The number of anilines is 1. The van der Waals surface area contributed by atoms with Gasteiger partial charge in [0.2, 0.25) is 5.89 Å². The molecule has 1 fully saturated rings. The molecule has 0 unspecified atom stereocenters. The highest BCUT2D eigenvalue weighted by atomic mass is 16.4. The standard InChI is InChI=1S/C19H20N4O/c1-2-6-16(7-3-1)17-14-21-19(24-17)15-22-10-12-23(13-11-22)18-8-4-5-9-20-18/h1-9,14H,10-13,15H2. The van der Waals surface area contributed by atoms with Crippen LogP contribution in [-0.2, 0) is 6.54 Å². The second kappa shape index (κ2) is 6.84. The minimum Gasteiger partial charge on any atom is -0.439 e. The van der Waals surface area contributed by atoms with Gasteiger partial charge >= 0.3 is 0 Å². The van der Waals surface area contributed by atoms with E-state index in [4.69, 9.17) is 4.42 Å². The van der Waals surface area contributed by atoms with Crippen molar-refractivity contribution in [2.45, 2.75) is 6.54 Å². The summed E-state index contributed by atoms with van der Waals surface area (Å²) >= 11 is 0. The van der Waals surface area contributed by atoms with Gasteiger partial charge in [-0.3, -0.25) is 4.90 Å². The highest BCUT2D eigenvalue weighted by Crippen LogP contribution is 2.21. The molecule has 0 aliphatic carbocycles. The SMILES string of the molecule is c1ccc(-c2cnc(CN3CCN(c4ccccn4)CC3)o2)cc1. The van der Waals surface area contributed by atoms with Crippen molar-refractivity contribution in [3.63, 3.8) is 0 Å². The molecule has 1 aromatic carbocycles. The van der Waals surface area contributed by atoms with Gasteiger partial charge in [-0.15, -0.1) is 0 Å². The summed E-state index contributed by atoms with van der Waals surface area (Å²) in [5, 5.41) is 0. The lowest BCUT2D eigenvalue weighted by atomic mass is 10.2. The fraction of sp³-hybridized carbons (Fsp3) is 0.263. The molecule has 0 amide bonds. The first-order valence-corrected chi connectivity index (χ1v) is 8.27. The molecule has 1 aliphatic rings. The van der Waals surface area contributed by atoms with E-state index in [9.17, 15) is 0 Å². The van der Waals surface area contributed by atoms with E-state index in [1.165, 1.54) is 0 Å². The van der Waals surface area contributed by atoms with E-state index in [-0.39, 0.29) is 0 Å². The van der Waals surface area contributed by atoms with Gasteiger partial charge in [-0.2, -0.15) is 0 Å². The lowest BCUT2D eigenvalue weighted by molar-refractivity contribution is 0.226. The lowest BCUT2D eigenvalue weighted by Gasteiger charge is -2.34. The summed E-state index contributed by atoms with van der Waals surface area (Å²) in [6.45, 7) is 4.68. The molecular weight excluding hydrogens is 300 g/mol. The van der Waals surface area contributed by atoms with Crippen LogP contribution in [0.2, 0.25) is 0 Å². The molecule has 0 saturated carbocycles. The van der Waals surface area contributed by atoms with Crippen LogP contribution in [-0.4, -0.2) is 41.0 Å². The average Bonchev–Trinajstić information content (AvgIpc) is 3.12. The monoisotopic (exact) mass is 320 g/mol. The maximum Gasteiger partial charge on any atom is 0.209 e. The van der Waals surface area contributed by atoms with Gasteiger partial charge in [-0.25, -0.2) is 9.97 Å². The number of hydrogen-bond acceptors (Lipinski definition) is 5. The van der Waals surface area contributed by atoms with Gasteiger partial charge in [-0.1, -0.05) is 36.4 Å². The van der Waals surface area contributed by atoms with Crippen molar-refractivity contribution in [2.24, 2.45) is 0 Å². The summed E-state index contributed by atoms with van der Waals surface area (Å²) in [6.07, 6.45) is 3.66. The lowest BCUT2D eigenvalue weighted by Crippen LogP contribution is -2.46. The third-order valence-electron chi connectivity index (χ3n) is 4.32. The third-order valence-corrected chi connectivity index (χ3v) is 4.32. The Morgan fingerprint density at radius 3 is 2.42 bits per heavy atom. The molecule has 0 atom stereocenters.